The highest BCUT2D eigenvalue weighted by Crippen LogP contribution is 2.28. The van der Waals surface area contributed by atoms with Crippen LogP contribution in [-0.2, 0) is 9.53 Å². The SMILES string of the molecule is [CH2][CH]CSC[C@@H](N)C(=O)Nc1cn([C@H]2OC(CO)[C@@H](O)[C@@H]2O)nn1. The van der Waals surface area contributed by atoms with Gasteiger partial charge in [-0.2, -0.15) is 11.8 Å². The number of hydrogen-bond donors (Lipinski definition) is 5. The molecule has 1 aliphatic rings. The lowest BCUT2D eigenvalue weighted by molar-refractivity contribution is -0.116. The molecule has 0 aromatic carbocycles. The second-order valence-corrected chi connectivity index (χ2v) is 6.31. The van der Waals surface area contributed by atoms with Crippen molar-refractivity contribution in [3.63, 3.8) is 0 Å². The molecule has 1 aromatic rings. The Hall–Kier alpha value is -1.24. The van der Waals surface area contributed by atoms with Crippen LogP contribution in [0.15, 0.2) is 6.20 Å². The Morgan fingerprint density at radius 3 is 2.96 bits per heavy atom. The number of nitrogens with two attached hydrogens (primary N) is 1. The lowest BCUT2D eigenvalue weighted by Gasteiger charge is -2.13. The van der Waals surface area contributed by atoms with Gasteiger partial charge in [-0.25, -0.2) is 4.68 Å². The van der Waals surface area contributed by atoms with E-state index < -0.39 is 43.1 Å². The van der Waals surface area contributed by atoms with Crippen LogP contribution in [0.4, 0.5) is 5.82 Å². The van der Waals surface area contributed by atoms with Crippen molar-refractivity contribution < 1.29 is 24.9 Å². The molecule has 2 heterocycles. The number of nitrogens with one attached hydrogen (secondary N) is 1. The number of carbonyl (C=O) groups is 1. The number of amides is 1. The van der Waals surface area contributed by atoms with Gasteiger partial charge in [-0.1, -0.05) is 5.21 Å². The predicted molar refractivity (Wildman–Crippen MR) is 86.6 cm³/mol. The minimum Gasteiger partial charge on any atom is -0.394 e. The quantitative estimate of drug-likeness (QED) is 0.329. The van der Waals surface area contributed by atoms with Crippen molar-refractivity contribution in [2.75, 3.05) is 23.4 Å². The molecule has 5 atom stereocenters. The Labute approximate surface area is 143 Å². The number of hydrogen-bond acceptors (Lipinski definition) is 9. The number of thioether (sulfide) groups is 1. The Bertz CT molecular complexity index is 545. The fourth-order valence-electron chi connectivity index (χ4n) is 2.13. The molecule has 0 bridgehead atoms. The van der Waals surface area contributed by atoms with Gasteiger partial charge in [0.25, 0.3) is 0 Å². The molecule has 1 aromatic heterocycles. The summed E-state index contributed by atoms with van der Waals surface area (Å²) in [7, 11) is 0. The number of ether oxygens (including phenoxy) is 1. The first kappa shape index (κ1) is 19.1. The zero-order valence-corrected chi connectivity index (χ0v) is 13.7. The van der Waals surface area contributed by atoms with Gasteiger partial charge >= 0.3 is 0 Å². The molecule has 11 heteroatoms. The molecule has 10 nitrogen and oxygen atoms in total. The van der Waals surface area contributed by atoms with E-state index in [-0.39, 0.29) is 5.82 Å². The lowest BCUT2D eigenvalue weighted by atomic mass is 10.1. The summed E-state index contributed by atoms with van der Waals surface area (Å²) in [6.07, 6.45) is -1.36. The highest BCUT2D eigenvalue weighted by molar-refractivity contribution is 7.99. The van der Waals surface area contributed by atoms with E-state index in [9.17, 15) is 15.0 Å². The van der Waals surface area contributed by atoms with Crippen molar-refractivity contribution in [1.82, 2.24) is 15.0 Å². The molecule has 2 radical (unpaired) electrons. The van der Waals surface area contributed by atoms with E-state index in [0.717, 1.165) is 4.68 Å². The van der Waals surface area contributed by atoms with Crippen LogP contribution in [-0.4, -0.2) is 78.7 Å². The molecule has 0 aliphatic carbocycles. The molecular weight excluding hydrogens is 338 g/mol. The molecule has 2 rings (SSSR count). The third-order valence-electron chi connectivity index (χ3n) is 3.41. The lowest BCUT2D eigenvalue weighted by Crippen LogP contribution is -2.37. The van der Waals surface area contributed by atoms with E-state index in [2.05, 4.69) is 22.6 Å². The molecule has 6 N–H and O–H groups in total. The van der Waals surface area contributed by atoms with Gasteiger partial charge in [-0.15, -0.1) is 5.10 Å². The Morgan fingerprint density at radius 2 is 2.33 bits per heavy atom. The second-order valence-electron chi connectivity index (χ2n) is 5.23. The third-order valence-corrected chi connectivity index (χ3v) is 4.48. The van der Waals surface area contributed by atoms with Gasteiger partial charge in [0.15, 0.2) is 12.0 Å². The molecule has 1 aliphatic heterocycles. The largest absolute Gasteiger partial charge is 0.394 e. The van der Waals surface area contributed by atoms with Crippen molar-refractivity contribution in [2.45, 2.75) is 30.6 Å². The van der Waals surface area contributed by atoms with Crippen molar-refractivity contribution in [2.24, 2.45) is 5.73 Å². The van der Waals surface area contributed by atoms with Crippen LogP contribution < -0.4 is 11.1 Å². The fraction of sp³-hybridized carbons (Fsp3) is 0.615. The van der Waals surface area contributed by atoms with Gasteiger partial charge in [0.1, 0.15) is 18.3 Å². The standard InChI is InChI=1S/C13H21N5O5S/c1-2-3-24-6-7(14)12(22)15-9-4-18(17-16-9)13-11(21)10(20)8(5-19)23-13/h2,4,7-8,10-11,13,19-21H,1,3,5-6,14H2,(H,15,22)/t7-,8?,10-,11+,13+/m1/s1. The molecule has 0 saturated carbocycles. The van der Waals surface area contributed by atoms with Gasteiger partial charge in [0, 0.05) is 5.75 Å². The summed E-state index contributed by atoms with van der Waals surface area (Å²) in [6.45, 7) is 3.14. The van der Waals surface area contributed by atoms with Crippen LogP contribution in [0, 0.1) is 13.3 Å². The first-order chi connectivity index (χ1) is 11.5. The number of nitrogens with zero attached hydrogens (tertiary/aromatic N) is 3. The van der Waals surface area contributed by atoms with Gasteiger partial charge in [-0.3, -0.25) is 4.79 Å². The molecule has 0 spiro atoms. The highest BCUT2D eigenvalue weighted by Gasteiger charge is 2.44. The van der Waals surface area contributed by atoms with E-state index in [1.807, 2.05) is 0 Å². The monoisotopic (exact) mass is 359 g/mol. The van der Waals surface area contributed by atoms with Gasteiger partial charge in [0.05, 0.1) is 18.8 Å². The van der Waals surface area contributed by atoms with Crippen LogP contribution in [0.1, 0.15) is 6.23 Å². The van der Waals surface area contributed by atoms with Gasteiger partial charge < -0.3 is 31.1 Å². The fourth-order valence-corrected chi connectivity index (χ4v) is 2.84. The molecule has 1 amide bonds. The number of aromatic nitrogens is 3. The smallest absolute Gasteiger partial charge is 0.243 e. The predicted octanol–water partition coefficient (Wildman–Crippen LogP) is -2.07. The number of rotatable bonds is 8. The minimum atomic E-state index is -1.27. The summed E-state index contributed by atoms with van der Waals surface area (Å²) in [6, 6.07) is -0.714. The zero-order chi connectivity index (χ0) is 17.7. The summed E-state index contributed by atoms with van der Waals surface area (Å²) in [5.74, 6) is 0.852. The molecule has 1 saturated heterocycles. The van der Waals surface area contributed by atoms with E-state index in [1.165, 1.54) is 18.0 Å². The van der Waals surface area contributed by atoms with E-state index in [4.69, 9.17) is 15.6 Å². The molecule has 24 heavy (non-hydrogen) atoms. The van der Waals surface area contributed by atoms with Gasteiger partial charge in [-0.05, 0) is 19.1 Å². The summed E-state index contributed by atoms with van der Waals surface area (Å²) in [5, 5.41) is 38.7. The Kier molecular flexibility index (Phi) is 6.95. The van der Waals surface area contributed by atoms with E-state index in [0.29, 0.717) is 11.5 Å². The Balaban J connectivity index is 1.92. The number of anilines is 1. The molecule has 1 fully saturated rings. The maximum atomic E-state index is 11.9. The second kappa shape index (κ2) is 8.74. The number of carbonyl (C=O) groups excluding carboxylic acids is 1. The number of aliphatic hydroxyl groups excluding tert-OH is 3. The van der Waals surface area contributed by atoms with E-state index >= 15 is 0 Å². The Morgan fingerprint density at radius 1 is 1.58 bits per heavy atom. The number of aliphatic hydroxyl groups is 3. The van der Waals surface area contributed by atoms with Crippen LogP contribution in [0.5, 0.6) is 0 Å². The zero-order valence-electron chi connectivity index (χ0n) is 12.9. The van der Waals surface area contributed by atoms with Crippen molar-refractivity contribution in [3.8, 4) is 0 Å². The summed E-state index contributed by atoms with van der Waals surface area (Å²) < 4.78 is 6.48. The topological polar surface area (TPSA) is 156 Å². The average Bonchev–Trinajstić information content (AvgIpc) is 3.13. The normalized spacial score (nSPS) is 28.0. The van der Waals surface area contributed by atoms with Crippen molar-refractivity contribution >= 4 is 23.5 Å². The van der Waals surface area contributed by atoms with Crippen LogP contribution in [0.3, 0.4) is 0 Å². The first-order valence-electron chi connectivity index (χ1n) is 7.27. The third kappa shape index (κ3) is 4.43. The van der Waals surface area contributed by atoms with Crippen molar-refractivity contribution in [3.05, 3.63) is 19.5 Å². The summed E-state index contributed by atoms with van der Waals surface area (Å²) in [4.78, 5) is 11.9. The van der Waals surface area contributed by atoms with Crippen LogP contribution in [0.2, 0.25) is 0 Å². The average molecular weight is 359 g/mol. The van der Waals surface area contributed by atoms with Crippen LogP contribution >= 0.6 is 11.8 Å². The molecule has 1 unspecified atom stereocenters. The molecular formula is C13H21N5O5S. The van der Waals surface area contributed by atoms with Crippen LogP contribution in [0.25, 0.3) is 0 Å². The molecule has 134 valence electrons. The maximum absolute atomic E-state index is 11.9. The maximum Gasteiger partial charge on any atom is 0.243 e. The highest BCUT2D eigenvalue weighted by atomic mass is 32.2. The van der Waals surface area contributed by atoms with Crippen molar-refractivity contribution in [1.29, 1.82) is 0 Å². The van der Waals surface area contributed by atoms with E-state index in [1.54, 1.807) is 6.42 Å². The minimum absolute atomic E-state index is 0.141. The van der Waals surface area contributed by atoms with Gasteiger partial charge in [0.2, 0.25) is 5.91 Å². The summed E-state index contributed by atoms with van der Waals surface area (Å²) >= 11 is 1.48. The first-order valence-corrected chi connectivity index (χ1v) is 8.42. The summed E-state index contributed by atoms with van der Waals surface area (Å²) in [5.41, 5.74) is 5.76.